The molecule has 0 saturated carbocycles. The van der Waals surface area contributed by atoms with Crippen molar-refractivity contribution in [1.29, 1.82) is 0 Å². The Morgan fingerprint density at radius 3 is 2.40 bits per heavy atom. The van der Waals surface area contributed by atoms with Crippen LogP contribution in [0.15, 0.2) is 73.1 Å². The Hall–Kier alpha value is -3.45. The molecular formula is C23H23FN4O2. The van der Waals surface area contributed by atoms with Crippen LogP contribution < -0.4 is 10.1 Å². The van der Waals surface area contributed by atoms with Gasteiger partial charge in [-0.2, -0.15) is 0 Å². The summed E-state index contributed by atoms with van der Waals surface area (Å²) in [6, 6.07) is 16.9. The molecule has 1 aromatic heterocycles. The van der Waals surface area contributed by atoms with Gasteiger partial charge in [-0.3, -0.25) is 9.88 Å². The summed E-state index contributed by atoms with van der Waals surface area (Å²) in [5, 5.41) is 2.92. The second-order valence-electron chi connectivity index (χ2n) is 7.13. The molecule has 2 heterocycles. The zero-order chi connectivity index (χ0) is 20.8. The minimum atomic E-state index is -0.350. The molecule has 2 amide bonds. The van der Waals surface area contributed by atoms with Crippen LogP contribution in [0.3, 0.4) is 0 Å². The molecular weight excluding hydrogens is 383 g/mol. The third kappa shape index (κ3) is 5.33. The third-order valence-electron chi connectivity index (χ3n) is 4.95. The van der Waals surface area contributed by atoms with E-state index in [1.54, 1.807) is 48.8 Å². The summed E-state index contributed by atoms with van der Waals surface area (Å²) in [4.78, 5) is 20.8. The molecule has 0 aliphatic carbocycles. The van der Waals surface area contributed by atoms with Crippen LogP contribution >= 0.6 is 0 Å². The predicted molar refractivity (Wildman–Crippen MR) is 113 cm³/mol. The number of nitrogens with one attached hydrogen (secondary N) is 1. The number of urea groups is 1. The monoisotopic (exact) mass is 406 g/mol. The standard InChI is InChI=1S/C23H23FN4O2/c24-19-2-1-3-22(16-19)30-21-6-4-20(5-7-21)26-23(29)28-14-12-27(13-15-28)17-18-8-10-25-11-9-18/h1-11,16H,12-15,17H2,(H,26,29). The number of carbonyl (C=O) groups is 1. The third-order valence-corrected chi connectivity index (χ3v) is 4.95. The first-order chi connectivity index (χ1) is 14.7. The van der Waals surface area contributed by atoms with Gasteiger partial charge in [0.05, 0.1) is 0 Å². The first-order valence-corrected chi connectivity index (χ1v) is 9.86. The van der Waals surface area contributed by atoms with Crippen LogP contribution in [0.5, 0.6) is 11.5 Å². The van der Waals surface area contributed by atoms with Gasteiger partial charge in [0.2, 0.25) is 0 Å². The Kier molecular flexibility index (Phi) is 6.20. The van der Waals surface area contributed by atoms with E-state index in [1.165, 1.54) is 17.7 Å². The number of amides is 2. The highest BCUT2D eigenvalue weighted by Crippen LogP contribution is 2.23. The number of aromatic nitrogens is 1. The number of benzene rings is 2. The van der Waals surface area contributed by atoms with Crippen LogP contribution in [-0.2, 0) is 6.54 Å². The second kappa shape index (κ2) is 9.37. The van der Waals surface area contributed by atoms with Gasteiger partial charge in [0, 0.05) is 56.9 Å². The SMILES string of the molecule is O=C(Nc1ccc(Oc2cccc(F)c2)cc1)N1CCN(Cc2ccncc2)CC1. The molecule has 0 atom stereocenters. The lowest BCUT2D eigenvalue weighted by Crippen LogP contribution is -2.49. The van der Waals surface area contributed by atoms with Crippen molar-refractivity contribution in [2.75, 3.05) is 31.5 Å². The maximum absolute atomic E-state index is 13.2. The van der Waals surface area contributed by atoms with Crippen molar-refractivity contribution in [2.24, 2.45) is 0 Å². The Bertz CT molecular complexity index is 974. The second-order valence-corrected chi connectivity index (χ2v) is 7.13. The first-order valence-electron chi connectivity index (χ1n) is 9.86. The first kappa shape index (κ1) is 19.8. The van der Waals surface area contributed by atoms with Crippen molar-refractivity contribution in [1.82, 2.24) is 14.8 Å². The quantitative estimate of drug-likeness (QED) is 0.684. The Balaban J connectivity index is 1.26. The van der Waals surface area contributed by atoms with E-state index in [0.29, 0.717) is 30.3 Å². The number of rotatable bonds is 5. The molecule has 2 aromatic carbocycles. The fourth-order valence-electron chi connectivity index (χ4n) is 3.33. The summed E-state index contributed by atoms with van der Waals surface area (Å²) in [6.07, 6.45) is 3.60. The molecule has 0 radical (unpaired) electrons. The zero-order valence-corrected chi connectivity index (χ0v) is 16.5. The average Bonchev–Trinajstić information content (AvgIpc) is 2.76. The summed E-state index contributed by atoms with van der Waals surface area (Å²) < 4.78 is 18.9. The van der Waals surface area contributed by atoms with Crippen molar-refractivity contribution in [3.8, 4) is 11.5 Å². The Morgan fingerprint density at radius 1 is 0.967 bits per heavy atom. The van der Waals surface area contributed by atoms with Crippen LogP contribution in [0, 0.1) is 5.82 Å². The number of piperazine rings is 1. The Labute approximate surface area is 174 Å². The highest BCUT2D eigenvalue weighted by atomic mass is 19.1. The highest BCUT2D eigenvalue weighted by Gasteiger charge is 2.21. The summed E-state index contributed by atoms with van der Waals surface area (Å²) in [7, 11) is 0. The molecule has 30 heavy (non-hydrogen) atoms. The van der Waals surface area contributed by atoms with E-state index in [4.69, 9.17) is 4.74 Å². The molecule has 4 rings (SSSR count). The number of hydrogen-bond donors (Lipinski definition) is 1. The zero-order valence-electron chi connectivity index (χ0n) is 16.5. The smallest absolute Gasteiger partial charge is 0.321 e. The van der Waals surface area contributed by atoms with Crippen LogP contribution in [0.2, 0.25) is 0 Å². The molecule has 0 bridgehead atoms. The van der Waals surface area contributed by atoms with Crippen molar-refractivity contribution in [2.45, 2.75) is 6.54 Å². The normalized spacial score (nSPS) is 14.4. The van der Waals surface area contributed by atoms with E-state index in [1.807, 2.05) is 17.0 Å². The van der Waals surface area contributed by atoms with Crippen LogP contribution in [0.25, 0.3) is 0 Å². The van der Waals surface area contributed by atoms with E-state index in [0.717, 1.165) is 19.6 Å². The molecule has 6 nitrogen and oxygen atoms in total. The van der Waals surface area contributed by atoms with E-state index >= 15 is 0 Å². The van der Waals surface area contributed by atoms with Gasteiger partial charge in [-0.05, 0) is 54.1 Å². The number of pyridine rings is 1. The maximum atomic E-state index is 13.2. The van der Waals surface area contributed by atoms with E-state index < -0.39 is 0 Å². The van der Waals surface area contributed by atoms with Crippen molar-refractivity contribution < 1.29 is 13.9 Å². The number of ether oxygens (including phenoxy) is 1. The molecule has 1 N–H and O–H groups in total. The summed E-state index contributed by atoms with van der Waals surface area (Å²) in [6.45, 7) is 3.88. The van der Waals surface area contributed by atoms with Gasteiger partial charge in [0.25, 0.3) is 0 Å². The van der Waals surface area contributed by atoms with Crippen molar-refractivity contribution in [3.05, 3.63) is 84.4 Å². The van der Waals surface area contributed by atoms with Gasteiger partial charge in [-0.15, -0.1) is 0 Å². The molecule has 0 spiro atoms. The van der Waals surface area contributed by atoms with E-state index in [2.05, 4.69) is 15.2 Å². The van der Waals surface area contributed by atoms with Gasteiger partial charge in [-0.25, -0.2) is 9.18 Å². The predicted octanol–water partition coefficient (Wildman–Crippen LogP) is 4.36. The minimum Gasteiger partial charge on any atom is -0.457 e. The van der Waals surface area contributed by atoms with Gasteiger partial charge in [-0.1, -0.05) is 6.07 Å². The molecule has 1 aliphatic rings. The lowest BCUT2D eigenvalue weighted by molar-refractivity contribution is 0.143. The average molecular weight is 406 g/mol. The summed E-state index contributed by atoms with van der Waals surface area (Å²) in [5.41, 5.74) is 1.91. The topological polar surface area (TPSA) is 57.7 Å². The van der Waals surface area contributed by atoms with Gasteiger partial charge in [0.15, 0.2) is 0 Å². The fraction of sp³-hybridized carbons (Fsp3) is 0.217. The Morgan fingerprint density at radius 2 is 1.70 bits per heavy atom. The largest absolute Gasteiger partial charge is 0.457 e. The number of halogens is 1. The number of nitrogens with zero attached hydrogens (tertiary/aromatic N) is 3. The van der Waals surface area contributed by atoms with Gasteiger partial charge < -0.3 is 15.0 Å². The minimum absolute atomic E-state index is 0.114. The van der Waals surface area contributed by atoms with E-state index in [9.17, 15) is 9.18 Å². The maximum Gasteiger partial charge on any atom is 0.321 e. The molecule has 1 fully saturated rings. The lowest BCUT2D eigenvalue weighted by Gasteiger charge is -2.34. The molecule has 7 heteroatoms. The van der Waals surface area contributed by atoms with Crippen LogP contribution in [0.4, 0.5) is 14.9 Å². The number of hydrogen-bond acceptors (Lipinski definition) is 4. The van der Waals surface area contributed by atoms with Gasteiger partial charge in [0.1, 0.15) is 17.3 Å². The number of anilines is 1. The van der Waals surface area contributed by atoms with Crippen LogP contribution in [-0.4, -0.2) is 47.0 Å². The fourth-order valence-corrected chi connectivity index (χ4v) is 3.33. The molecule has 154 valence electrons. The van der Waals surface area contributed by atoms with Crippen LogP contribution in [0.1, 0.15) is 5.56 Å². The molecule has 3 aromatic rings. The lowest BCUT2D eigenvalue weighted by atomic mass is 10.2. The van der Waals surface area contributed by atoms with Gasteiger partial charge >= 0.3 is 6.03 Å². The highest BCUT2D eigenvalue weighted by molar-refractivity contribution is 5.89. The summed E-state index contributed by atoms with van der Waals surface area (Å²) in [5.74, 6) is 0.650. The summed E-state index contributed by atoms with van der Waals surface area (Å²) >= 11 is 0. The molecule has 1 saturated heterocycles. The van der Waals surface area contributed by atoms with E-state index in [-0.39, 0.29) is 11.8 Å². The van der Waals surface area contributed by atoms with Crippen molar-refractivity contribution in [3.63, 3.8) is 0 Å². The van der Waals surface area contributed by atoms with Crippen molar-refractivity contribution >= 4 is 11.7 Å². The molecule has 0 unspecified atom stereocenters. The number of carbonyl (C=O) groups excluding carboxylic acids is 1. The molecule has 1 aliphatic heterocycles.